The number of nitrogens with zero attached hydrogens (tertiary/aromatic N) is 1. The van der Waals surface area contributed by atoms with Gasteiger partial charge < -0.3 is 14.7 Å². The van der Waals surface area contributed by atoms with Crippen molar-refractivity contribution in [3.05, 3.63) is 70.0 Å². The number of Topliss-reactive ketones (excluding diaryl/α,β-unsaturated/α-hetero) is 1. The first-order valence-corrected chi connectivity index (χ1v) is 9.99. The zero-order valence-corrected chi connectivity index (χ0v) is 17.7. The van der Waals surface area contributed by atoms with Gasteiger partial charge in [-0.1, -0.05) is 25.5 Å². The van der Waals surface area contributed by atoms with E-state index in [0.717, 1.165) is 12.0 Å². The molecule has 2 aromatic carbocycles. The number of halogens is 1. The lowest BCUT2D eigenvalue weighted by atomic mass is 9.93. The van der Waals surface area contributed by atoms with E-state index in [1.807, 2.05) is 13.8 Å². The number of ether oxygens (including phenoxy) is 1. The first kappa shape index (κ1) is 21.6. The fraction of sp³-hybridized carbons (Fsp3) is 0.333. The highest BCUT2D eigenvalue weighted by molar-refractivity contribution is 6.46. The van der Waals surface area contributed by atoms with Crippen LogP contribution >= 0.6 is 0 Å². The predicted molar refractivity (Wildman–Crippen MR) is 113 cm³/mol. The summed E-state index contributed by atoms with van der Waals surface area (Å²) >= 11 is 0. The molecule has 1 fully saturated rings. The highest BCUT2D eigenvalue weighted by Crippen LogP contribution is 2.40. The molecule has 1 heterocycles. The molecule has 1 aliphatic heterocycles. The average Bonchev–Trinajstić information content (AvgIpc) is 2.98. The molecule has 1 atom stereocenters. The van der Waals surface area contributed by atoms with E-state index in [0.29, 0.717) is 35.4 Å². The van der Waals surface area contributed by atoms with Gasteiger partial charge in [-0.05, 0) is 61.2 Å². The predicted octanol–water partition coefficient (Wildman–Crippen LogP) is 4.67. The van der Waals surface area contributed by atoms with E-state index >= 15 is 0 Å². The molecular weight excluding hydrogens is 385 g/mol. The third-order valence-corrected chi connectivity index (χ3v) is 5.48. The lowest BCUT2D eigenvalue weighted by Gasteiger charge is -2.25. The minimum absolute atomic E-state index is 0.0235. The van der Waals surface area contributed by atoms with E-state index in [9.17, 15) is 19.1 Å². The molecule has 1 N–H and O–H groups in total. The Bertz CT molecular complexity index is 1010. The number of aliphatic hydroxyl groups excluding tert-OH is 1. The summed E-state index contributed by atoms with van der Waals surface area (Å²) in [5.41, 5.74) is 2.58. The number of carbonyl (C=O) groups is 2. The fourth-order valence-corrected chi connectivity index (χ4v) is 3.84. The number of methoxy groups -OCH3 is 1. The van der Waals surface area contributed by atoms with Crippen molar-refractivity contribution in [2.24, 2.45) is 0 Å². The molecule has 0 radical (unpaired) electrons. The largest absolute Gasteiger partial charge is 0.507 e. The lowest BCUT2D eigenvalue weighted by Crippen LogP contribution is -2.30. The van der Waals surface area contributed by atoms with Gasteiger partial charge in [0, 0.05) is 12.1 Å². The molecule has 6 heteroatoms. The molecule has 0 saturated carbocycles. The van der Waals surface area contributed by atoms with Crippen molar-refractivity contribution in [3.63, 3.8) is 0 Å². The van der Waals surface area contributed by atoms with E-state index in [-0.39, 0.29) is 11.3 Å². The molecule has 0 bridgehead atoms. The Morgan fingerprint density at radius 2 is 1.80 bits per heavy atom. The van der Waals surface area contributed by atoms with Crippen molar-refractivity contribution in [2.45, 2.75) is 39.7 Å². The standard InChI is InChI=1S/C24H26FNO4/c1-5-6-11-26-21(16-7-9-17(25)10-8-16)20(23(28)24(26)29)22(27)18-12-15(3)19(30-4)13-14(18)2/h7-10,12-13,21,27H,5-6,11H2,1-4H3/b22-20+. The number of likely N-dealkylation sites (tertiary alicyclic amines) is 1. The van der Waals surface area contributed by atoms with Crippen LogP contribution in [0.15, 0.2) is 42.0 Å². The Balaban J connectivity index is 2.20. The zero-order chi connectivity index (χ0) is 22.0. The van der Waals surface area contributed by atoms with Crippen molar-refractivity contribution in [1.82, 2.24) is 4.90 Å². The van der Waals surface area contributed by atoms with Gasteiger partial charge in [0.1, 0.15) is 17.3 Å². The summed E-state index contributed by atoms with van der Waals surface area (Å²) in [7, 11) is 1.56. The smallest absolute Gasteiger partial charge is 0.295 e. The van der Waals surface area contributed by atoms with Crippen LogP contribution in [0.3, 0.4) is 0 Å². The molecule has 0 aliphatic carbocycles. The van der Waals surface area contributed by atoms with Crippen molar-refractivity contribution in [1.29, 1.82) is 0 Å². The SMILES string of the molecule is CCCCN1C(=O)C(=O)/C(=C(/O)c2cc(C)c(OC)cc2C)C1c1ccc(F)cc1. The summed E-state index contributed by atoms with van der Waals surface area (Å²) in [6, 6.07) is 8.43. The Labute approximate surface area is 175 Å². The number of benzene rings is 2. The van der Waals surface area contributed by atoms with Crippen LogP contribution in [-0.4, -0.2) is 35.4 Å². The molecule has 1 amide bonds. The monoisotopic (exact) mass is 411 g/mol. The van der Waals surface area contributed by atoms with Gasteiger partial charge in [-0.2, -0.15) is 0 Å². The topological polar surface area (TPSA) is 66.8 Å². The number of hydrogen-bond donors (Lipinski definition) is 1. The van der Waals surface area contributed by atoms with Crippen molar-refractivity contribution < 1.29 is 23.8 Å². The van der Waals surface area contributed by atoms with Crippen molar-refractivity contribution in [2.75, 3.05) is 13.7 Å². The zero-order valence-electron chi connectivity index (χ0n) is 17.7. The number of ketones is 1. The van der Waals surface area contributed by atoms with E-state index in [4.69, 9.17) is 4.74 Å². The summed E-state index contributed by atoms with van der Waals surface area (Å²) in [5, 5.41) is 11.2. The third kappa shape index (κ3) is 3.82. The summed E-state index contributed by atoms with van der Waals surface area (Å²) < 4.78 is 18.8. The molecular formula is C24H26FNO4. The second kappa shape index (κ2) is 8.69. The molecule has 158 valence electrons. The Morgan fingerprint density at radius 3 is 2.40 bits per heavy atom. The van der Waals surface area contributed by atoms with Crippen LogP contribution < -0.4 is 4.74 Å². The van der Waals surface area contributed by atoms with Gasteiger partial charge in [-0.25, -0.2) is 4.39 Å². The van der Waals surface area contributed by atoms with E-state index < -0.39 is 23.5 Å². The number of hydrogen-bond acceptors (Lipinski definition) is 4. The molecule has 2 aromatic rings. The quantitative estimate of drug-likeness (QED) is 0.426. The van der Waals surface area contributed by atoms with Crippen LogP contribution in [0.25, 0.3) is 5.76 Å². The highest BCUT2D eigenvalue weighted by atomic mass is 19.1. The van der Waals surface area contributed by atoms with Gasteiger partial charge in [-0.15, -0.1) is 0 Å². The maximum Gasteiger partial charge on any atom is 0.295 e. The molecule has 0 spiro atoms. The van der Waals surface area contributed by atoms with Crippen molar-refractivity contribution in [3.8, 4) is 5.75 Å². The maximum atomic E-state index is 13.5. The molecule has 1 saturated heterocycles. The van der Waals surface area contributed by atoms with Crippen LogP contribution in [0.4, 0.5) is 4.39 Å². The number of unbranched alkanes of at least 4 members (excludes halogenated alkanes) is 1. The van der Waals surface area contributed by atoms with Crippen LogP contribution in [0.5, 0.6) is 5.75 Å². The van der Waals surface area contributed by atoms with Gasteiger partial charge in [0.15, 0.2) is 0 Å². The van der Waals surface area contributed by atoms with Gasteiger partial charge in [0.25, 0.3) is 11.7 Å². The number of amides is 1. The summed E-state index contributed by atoms with van der Waals surface area (Å²) in [6.45, 7) is 6.01. The minimum Gasteiger partial charge on any atom is -0.507 e. The van der Waals surface area contributed by atoms with E-state index in [2.05, 4.69) is 0 Å². The number of aliphatic hydroxyl groups is 1. The van der Waals surface area contributed by atoms with Crippen LogP contribution in [0.1, 0.15) is 48.1 Å². The molecule has 5 nitrogen and oxygen atoms in total. The van der Waals surface area contributed by atoms with Crippen LogP contribution in [-0.2, 0) is 9.59 Å². The molecule has 1 unspecified atom stereocenters. The highest BCUT2D eigenvalue weighted by Gasteiger charge is 2.45. The molecule has 1 aliphatic rings. The fourth-order valence-electron chi connectivity index (χ4n) is 3.84. The summed E-state index contributed by atoms with van der Waals surface area (Å²) in [6.07, 6.45) is 1.56. The lowest BCUT2D eigenvalue weighted by molar-refractivity contribution is -0.139. The van der Waals surface area contributed by atoms with Gasteiger partial charge in [0.05, 0.1) is 18.7 Å². The van der Waals surface area contributed by atoms with Gasteiger partial charge >= 0.3 is 0 Å². The van der Waals surface area contributed by atoms with E-state index in [1.54, 1.807) is 38.3 Å². The van der Waals surface area contributed by atoms with E-state index in [1.165, 1.54) is 17.0 Å². The minimum atomic E-state index is -0.765. The second-order valence-electron chi connectivity index (χ2n) is 7.53. The van der Waals surface area contributed by atoms with Crippen LogP contribution in [0, 0.1) is 19.7 Å². The third-order valence-electron chi connectivity index (χ3n) is 5.48. The van der Waals surface area contributed by atoms with Gasteiger partial charge in [0.2, 0.25) is 0 Å². The maximum absolute atomic E-state index is 13.5. The summed E-state index contributed by atoms with van der Waals surface area (Å²) in [4.78, 5) is 27.2. The molecule has 30 heavy (non-hydrogen) atoms. The average molecular weight is 411 g/mol. The Hall–Kier alpha value is -3.15. The number of carbonyl (C=O) groups excluding carboxylic acids is 2. The van der Waals surface area contributed by atoms with Crippen LogP contribution in [0.2, 0.25) is 0 Å². The summed E-state index contributed by atoms with van der Waals surface area (Å²) in [5.74, 6) is -1.36. The first-order chi connectivity index (χ1) is 14.3. The van der Waals surface area contributed by atoms with Gasteiger partial charge in [-0.3, -0.25) is 9.59 Å². The Kier molecular flexibility index (Phi) is 6.25. The first-order valence-electron chi connectivity index (χ1n) is 9.99. The molecule has 3 rings (SSSR count). The second-order valence-corrected chi connectivity index (χ2v) is 7.53. The number of rotatable bonds is 6. The number of aryl methyl sites for hydroxylation is 2. The Morgan fingerprint density at radius 1 is 1.13 bits per heavy atom. The normalized spacial score (nSPS) is 18.2. The molecule has 0 aromatic heterocycles. The van der Waals surface area contributed by atoms with Crippen molar-refractivity contribution >= 4 is 17.4 Å².